The van der Waals surface area contributed by atoms with Gasteiger partial charge in [-0.1, -0.05) is 12.1 Å². The first-order valence-electron chi connectivity index (χ1n) is 7.06. The maximum atomic E-state index is 11.6. The van der Waals surface area contributed by atoms with Gasteiger partial charge in [-0.15, -0.1) is 0 Å². The van der Waals surface area contributed by atoms with Crippen molar-refractivity contribution in [2.24, 2.45) is 0 Å². The van der Waals surface area contributed by atoms with Crippen LogP contribution < -0.4 is 10.0 Å². The summed E-state index contributed by atoms with van der Waals surface area (Å²) in [5.41, 5.74) is 0.728. The molecular weight excluding hydrogens is 320 g/mol. The molecule has 7 nitrogen and oxygen atoms in total. The van der Waals surface area contributed by atoms with Crippen LogP contribution in [0, 0.1) is 0 Å². The number of rotatable bonds is 10. The first-order valence-corrected chi connectivity index (χ1v) is 8.54. The quantitative estimate of drug-likeness (QED) is 0.474. The predicted molar refractivity (Wildman–Crippen MR) is 87.4 cm³/mol. The van der Waals surface area contributed by atoms with E-state index in [0.717, 1.165) is 5.56 Å². The van der Waals surface area contributed by atoms with Gasteiger partial charge in [-0.3, -0.25) is 4.79 Å². The Morgan fingerprint density at radius 1 is 1.17 bits per heavy atom. The van der Waals surface area contributed by atoms with Gasteiger partial charge in [-0.25, -0.2) is 13.1 Å². The summed E-state index contributed by atoms with van der Waals surface area (Å²) in [5, 5.41) is 2.68. The fourth-order valence-electron chi connectivity index (χ4n) is 1.60. The Morgan fingerprint density at radius 3 is 2.48 bits per heavy atom. The average molecular weight is 342 g/mol. The molecule has 0 atom stereocenters. The highest BCUT2D eigenvalue weighted by Gasteiger charge is 2.09. The van der Waals surface area contributed by atoms with Crippen molar-refractivity contribution in [3.8, 4) is 0 Å². The first-order chi connectivity index (χ1) is 11.0. The van der Waals surface area contributed by atoms with Crippen LogP contribution in [-0.2, 0) is 24.3 Å². The number of sulfonamides is 1. The standard InChI is InChI=1S/C15H22N2O5S/c1-16-23(19,20)14-6-3-13(4-7-14)5-8-15(18)17-9-10-22-12-11-21-2/h3-8,16H,9-12H2,1-2H3,(H,17,18)/b8-5+. The van der Waals surface area contributed by atoms with E-state index in [4.69, 9.17) is 9.47 Å². The first kappa shape index (κ1) is 19.3. The third-order valence-corrected chi connectivity index (χ3v) is 4.29. The topological polar surface area (TPSA) is 93.7 Å². The molecule has 2 N–H and O–H groups in total. The fraction of sp³-hybridized carbons (Fsp3) is 0.400. The Labute approximate surface area is 136 Å². The second-order valence-electron chi connectivity index (χ2n) is 4.51. The highest BCUT2D eigenvalue weighted by Crippen LogP contribution is 2.11. The van der Waals surface area contributed by atoms with Gasteiger partial charge in [-0.05, 0) is 30.8 Å². The summed E-state index contributed by atoms with van der Waals surface area (Å²) in [6.07, 6.45) is 2.99. The SMILES string of the molecule is CNS(=O)(=O)c1ccc(/C=C/C(=O)NCCOCCOC)cc1. The molecule has 0 heterocycles. The van der Waals surface area contributed by atoms with Gasteiger partial charge in [0.05, 0.1) is 24.7 Å². The molecule has 0 radical (unpaired) electrons. The highest BCUT2D eigenvalue weighted by atomic mass is 32.2. The molecule has 8 heteroatoms. The van der Waals surface area contributed by atoms with E-state index in [1.54, 1.807) is 25.3 Å². The number of carbonyl (C=O) groups excluding carboxylic acids is 1. The lowest BCUT2D eigenvalue weighted by atomic mass is 10.2. The molecule has 128 valence electrons. The van der Waals surface area contributed by atoms with Crippen LogP contribution in [0.3, 0.4) is 0 Å². The zero-order valence-electron chi connectivity index (χ0n) is 13.2. The third-order valence-electron chi connectivity index (χ3n) is 2.86. The summed E-state index contributed by atoms with van der Waals surface area (Å²) in [6, 6.07) is 6.21. The number of carbonyl (C=O) groups is 1. The van der Waals surface area contributed by atoms with E-state index in [-0.39, 0.29) is 10.8 Å². The number of nitrogens with one attached hydrogen (secondary N) is 2. The summed E-state index contributed by atoms with van der Waals surface area (Å²) in [6.45, 7) is 1.84. The van der Waals surface area contributed by atoms with E-state index >= 15 is 0 Å². The van der Waals surface area contributed by atoms with Gasteiger partial charge in [-0.2, -0.15) is 0 Å². The third kappa shape index (κ3) is 7.38. The molecule has 0 unspecified atom stereocenters. The summed E-state index contributed by atoms with van der Waals surface area (Å²) in [5.74, 6) is -0.243. The van der Waals surface area contributed by atoms with Crippen LogP contribution in [0.2, 0.25) is 0 Å². The molecule has 0 bridgehead atoms. The van der Waals surface area contributed by atoms with Crippen molar-refractivity contribution in [1.29, 1.82) is 0 Å². The molecule has 0 spiro atoms. The Hall–Kier alpha value is -1.74. The van der Waals surface area contributed by atoms with Crippen molar-refractivity contribution in [2.75, 3.05) is 40.5 Å². The Bertz CT molecular complexity index is 611. The summed E-state index contributed by atoms with van der Waals surface area (Å²) >= 11 is 0. The lowest BCUT2D eigenvalue weighted by Gasteiger charge is -2.04. The minimum atomic E-state index is -3.44. The molecule has 23 heavy (non-hydrogen) atoms. The minimum absolute atomic E-state index is 0.176. The number of ether oxygens (including phenoxy) is 2. The zero-order chi connectivity index (χ0) is 17.1. The second kappa shape index (κ2) is 10.1. The van der Waals surface area contributed by atoms with Crippen LogP contribution in [0.5, 0.6) is 0 Å². The largest absolute Gasteiger partial charge is 0.382 e. The molecule has 0 aliphatic rings. The van der Waals surface area contributed by atoms with Crippen molar-refractivity contribution >= 4 is 22.0 Å². The lowest BCUT2D eigenvalue weighted by Crippen LogP contribution is -2.25. The monoisotopic (exact) mass is 342 g/mol. The molecule has 0 aromatic heterocycles. The van der Waals surface area contributed by atoms with E-state index in [0.29, 0.717) is 26.4 Å². The van der Waals surface area contributed by atoms with E-state index in [1.165, 1.54) is 25.3 Å². The minimum Gasteiger partial charge on any atom is -0.382 e. The van der Waals surface area contributed by atoms with Gasteiger partial charge in [0.2, 0.25) is 15.9 Å². The molecule has 1 rings (SSSR count). The molecule has 0 saturated heterocycles. The average Bonchev–Trinajstić information content (AvgIpc) is 2.56. The highest BCUT2D eigenvalue weighted by molar-refractivity contribution is 7.89. The van der Waals surface area contributed by atoms with Gasteiger partial charge in [0.15, 0.2) is 0 Å². The van der Waals surface area contributed by atoms with Crippen LogP contribution in [0.1, 0.15) is 5.56 Å². The number of amides is 1. The van der Waals surface area contributed by atoms with Gasteiger partial charge >= 0.3 is 0 Å². The van der Waals surface area contributed by atoms with Crippen LogP contribution >= 0.6 is 0 Å². The van der Waals surface area contributed by atoms with Crippen molar-refractivity contribution in [2.45, 2.75) is 4.90 Å². The fourth-order valence-corrected chi connectivity index (χ4v) is 2.33. The maximum Gasteiger partial charge on any atom is 0.244 e. The Morgan fingerprint density at radius 2 is 1.87 bits per heavy atom. The number of benzene rings is 1. The van der Waals surface area contributed by atoms with Gasteiger partial charge in [0.25, 0.3) is 0 Å². The molecule has 0 aliphatic heterocycles. The number of hydrogen-bond donors (Lipinski definition) is 2. The molecule has 0 aliphatic carbocycles. The second-order valence-corrected chi connectivity index (χ2v) is 6.39. The van der Waals surface area contributed by atoms with E-state index < -0.39 is 10.0 Å². The van der Waals surface area contributed by atoms with Crippen LogP contribution in [0.25, 0.3) is 6.08 Å². The molecular formula is C15H22N2O5S. The predicted octanol–water partition coefficient (Wildman–Crippen LogP) is 0.387. The van der Waals surface area contributed by atoms with Crippen LogP contribution in [0.15, 0.2) is 35.2 Å². The van der Waals surface area contributed by atoms with Crippen molar-refractivity contribution < 1.29 is 22.7 Å². The molecule has 1 amide bonds. The summed E-state index contributed by atoms with van der Waals surface area (Å²) < 4.78 is 35.4. The van der Waals surface area contributed by atoms with Crippen LogP contribution in [0.4, 0.5) is 0 Å². The van der Waals surface area contributed by atoms with Crippen molar-refractivity contribution in [1.82, 2.24) is 10.0 Å². The summed E-state index contributed by atoms with van der Waals surface area (Å²) in [4.78, 5) is 11.8. The Kier molecular flexibility index (Phi) is 8.49. The normalized spacial score (nSPS) is 11.7. The molecule has 1 aromatic carbocycles. The van der Waals surface area contributed by atoms with Crippen molar-refractivity contribution in [3.05, 3.63) is 35.9 Å². The summed E-state index contributed by atoms with van der Waals surface area (Å²) in [7, 11) is -0.497. The maximum absolute atomic E-state index is 11.6. The number of methoxy groups -OCH3 is 1. The van der Waals surface area contributed by atoms with Crippen molar-refractivity contribution in [3.63, 3.8) is 0 Å². The van der Waals surface area contributed by atoms with Gasteiger partial charge < -0.3 is 14.8 Å². The van der Waals surface area contributed by atoms with E-state index in [1.807, 2.05) is 0 Å². The number of hydrogen-bond acceptors (Lipinski definition) is 5. The van der Waals surface area contributed by atoms with Gasteiger partial charge in [0, 0.05) is 19.7 Å². The lowest BCUT2D eigenvalue weighted by molar-refractivity contribution is -0.116. The van der Waals surface area contributed by atoms with E-state index in [9.17, 15) is 13.2 Å². The van der Waals surface area contributed by atoms with E-state index in [2.05, 4.69) is 10.0 Å². The molecule has 1 aromatic rings. The smallest absolute Gasteiger partial charge is 0.244 e. The van der Waals surface area contributed by atoms with Crippen LogP contribution in [-0.4, -0.2) is 54.8 Å². The zero-order valence-corrected chi connectivity index (χ0v) is 14.1. The Balaban J connectivity index is 2.40. The molecule has 0 fully saturated rings. The van der Waals surface area contributed by atoms with Gasteiger partial charge in [0.1, 0.15) is 0 Å². The molecule has 0 saturated carbocycles.